The van der Waals surface area contributed by atoms with Crippen molar-refractivity contribution in [3.8, 4) is 11.3 Å². The zero-order valence-electron chi connectivity index (χ0n) is 18.9. The molecule has 0 bridgehead atoms. The number of ether oxygens (including phenoxy) is 1. The van der Waals surface area contributed by atoms with Crippen molar-refractivity contribution >= 4 is 50.8 Å². The molecule has 2 aromatic heterocycles. The number of esters is 1. The van der Waals surface area contributed by atoms with Crippen molar-refractivity contribution in [2.75, 3.05) is 11.9 Å². The lowest BCUT2D eigenvalue weighted by Crippen LogP contribution is -2.22. The highest BCUT2D eigenvalue weighted by Gasteiger charge is 2.21. The summed E-state index contributed by atoms with van der Waals surface area (Å²) in [7, 11) is 0. The Bertz CT molecular complexity index is 1350. The smallest absolute Gasteiger partial charge is 0.339 e. The minimum atomic E-state index is -0.529. The van der Waals surface area contributed by atoms with Gasteiger partial charge in [0, 0.05) is 27.0 Å². The predicted molar refractivity (Wildman–Crippen MR) is 137 cm³/mol. The molecule has 0 radical (unpaired) electrons. The van der Waals surface area contributed by atoms with E-state index in [2.05, 4.69) is 17.2 Å². The van der Waals surface area contributed by atoms with E-state index in [4.69, 9.17) is 21.3 Å². The molecule has 4 rings (SSSR count). The van der Waals surface area contributed by atoms with E-state index in [-0.39, 0.29) is 0 Å². The van der Waals surface area contributed by atoms with Crippen LogP contribution in [0.25, 0.3) is 22.2 Å². The summed E-state index contributed by atoms with van der Waals surface area (Å²) in [6, 6.07) is 14.9. The summed E-state index contributed by atoms with van der Waals surface area (Å²) in [5.74, 6) is -0.988. The van der Waals surface area contributed by atoms with Gasteiger partial charge in [-0.05, 0) is 30.5 Å². The number of rotatable bonds is 8. The molecule has 0 saturated carbocycles. The van der Waals surface area contributed by atoms with Gasteiger partial charge in [0.05, 0.1) is 16.8 Å². The molecule has 2 heterocycles. The second kappa shape index (κ2) is 10.8. The van der Waals surface area contributed by atoms with Crippen LogP contribution in [-0.4, -0.2) is 28.5 Å². The Morgan fingerprint density at radius 3 is 2.59 bits per heavy atom. The number of hydrogen-bond acceptors (Lipinski definition) is 6. The van der Waals surface area contributed by atoms with Crippen LogP contribution in [0, 0.1) is 0 Å². The summed E-state index contributed by atoms with van der Waals surface area (Å²) in [5, 5.41) is 6.23. The molecule has 0 aliphatic rings. The van der Waals surface area contributed by atoms with Crippen molar-refractivity contribution in [1.29, 1.82) is 0 Å². The minimum absolute atomic E-state index is 0.407. The van der Waals surface area contributed by atoms with E-state index in [9.17, 15) is 9.59 Å². The number of amides is 1. The number of benzene rings is 2. The van der Waals surface area contributed by atoms with Crippen LogP contribution >= 0.6 is 22.9 Å². The first-order valence-corrected chi connectivity index (χ1v) is 12.4. The van der Waals surface area contributed by atoms with Crippen LogP contribution in [0.3, 0.4) is 0 Å². The van der Waals surface area contributed by atoms with E-state index in [1.807, 2.05) is 54.8 Å². The molecule has 34 heavy (non-hydrogen) atoms. The molecule has 1 N–H and O–H groups in total. The number of carbonyl (C=O) groups excluding carboxylic acids is 2. The lowest BCUT2D eigenvalue weighted by atomic mass is 9.96. The van der Waals surface area contributed by atoms with E-state index >= 15 is 0 Å². The largest absolute Gasteiger partial charge is 0.452 e. The number of hydrogen-bond donors (Lipinski definition) is 1. The summed E-state index contributed by atoms with van der Waals surface area (Å²) >= 11 is 7.51. The number of pyridine rings is 1. The van der Waals surface area contributed by atoms with Gasteiger partial charge in [-0.2, -0.15) is 0 Å². The molecule has 2 aromatic carbocycles. The van der Waals surface area contributed by atoms with Crippen molar-refractivity contribution in [2.24, 2.45) is 0 Å². The van der Waals surface area contributed by atoms with Gasteiger partial charge in [0.1, 0.15) is 0 Å². The number of thiazole rings is 1. The van der Waals surface area contributed by atoms with Crippen molar-refractivity contribution in [2.45, 2.75) is 33.1 Å². The first-order chi connectivity index (χ1) is 16.5. The Morgan fingerprint density at radius 1 is 1.06 bits per heavy atom. The van der Waals surface area contributed by atoms with Crippen molar-refractivity contribution in [3.05, 3.63) is 75.8 Å². The molecule has 0 fully saturated rings. The molecular formula is C26H24ClN3O3S. The molecule has 6 nitrogen and oxygen atoms in total. The van der Waals surface area contributed by atoms with Crippen molar-refractivity contribution in [3.63, 3.8) is 0 Å². The number of carbonyl (C=O) groups is 2. The van der Waals surface area contributed by atoms with E-state index < -0.39 is 18.5 Å². The number of nitrogens with one attached hydrogen (secondary N) is 1. The Hall–Kier alpha value is -3.29. The number of fused-ring (bicyclic) bond motifs is 1. The van der Waals surface area contributed by atoms with E-state index in [1.165, 1.54) is 11.3 Å². The fourth-order valence-corrected chi connectivity index (χ4v) is 4.80. The first kappa shape index (κ1) is 23.9. The monoisotopic (exact) mass is 493 g/mol. The minimum Gasteiger partial charge on any atom is -0.452 e. The van der Waals surface area contributed by atoms with Gasteiger partial charge in [0.25, 0.3) is 5.91 Å². The average Bonchev–Trinajstić information content (AvgIpc) is 3.30. The third-order valence-electron chi connectivity index (χ3n) is 5.36. The molecule has 8 heteroatoms. The standard InChI is InChI=1S/C26H24ClN3O3S/c1-3-9-20-16(4-2)24(18-11-6-8-13-21(18)28-20)25(32)33-14-23(31)30-26-29-22(15-34-26)17-10-5-7-12-19(17)27/h5-8,10-13,15H,3-4,9,14H2,1-2H3,(H,29,30,31). The summed E-state index contributed by atoms with van der Waals surface area (Å²) in [5.41, 5.74) is 4.45. The lowest BCUT2D eigenvalue weighted by Gasteiger charge is -2.15. The summed E-state index contributed by atoms with van der Waals surface area (Å²) in [6.45, 7) is 3.66. The molecule has 0 atom stereocenters. The number of aryl methyl sites for hydroxylation is 1. The second-order valence-corrected chi connectivity index (χ2v) is 8.94. The van der Waals surface area contributed by atoms with Gasteiger partial charge in [0.15, 0.2) is 11.7 Å². The molecule has 4 aromatic rings. The van der Waals surface area contributed by atoms with E-state index in [0.29, 0.717) is 27.8 Å². The second-order valence-electron chi connectivity index (χ2n) is 7.67. The van der Waals surface area contributed by atoms with Crippen LogP contribution in [0.5, 0.6) is 0 Å². The SMILES string of the molecule is CCCc1nc2ccccc2c(C(=O)OCC(=O)Nc2nc(-c3ccccc3Cl)cs2)c1CC. The van der Waals surface area contributed by atoms with E-state index in [0.717, 1.165) is 40.6 Å². The van der Waals surface area contributed by atoms with Crippen molar-refractivity contribution < 1.29 is 14.3 Å². The topological polar surface area (TPSA) is 81.2 Å². The quantitative estimate of drug-likeness (QED) is 0.290. The molecular weight excluding hydrogens is 470 g/mol. The molecule has 0 aliphatic heterocycles. The number of para-hydroxylation sites is 1. The highest BCUT2D eigenvalue weighted by Crippen LogP contribution is 2.30. The summed E-state index contributed by atoms with van der Waals surface area (Å²) in [6.07, 6.45) is 2.33. The van der Waals surface area contributed by atoms with Gasteiger partial charge in [-0.25, -0.2) is 9.78 Å². The van der Waals surface area contributed by atoms with Gasteiger partial charge < -0.3 is 4.74 Å². The van der Waals surface area contributed by atoms with Gasteiger partial charge in [-0.1, -0.05) is 68.3 Å². The number of nitrogens with zero attached hydrogens (tertiary/aromatic N) is 2. The molecule has 0 unspecified atom stereocenters. The van der Waals surface area contributed by atoms with E-state index in [1.54, 1.807) is 6.07 Å². The van der Waals surface area contributed by atoms with Gasteiger partial charge >= 0.3 is 5.97 Å². The van der Waals surface area contributed by atoms with Gasteiger partial charge in [-0.3, -0.25) is 15.1 Å². The van der Waals surface area contributed by atoms with Crippen LogP contribution in [0.15, 0.2) is 53.9 Å². The Labute approximate surface area is 207 Å². The maximum absolute atomic E-state index is 13.1. The zero-order chi connectivity index (χ0) is 24.1. The van der Waals surface area contributed by atoms with Crippen LogP contribution in [-0.2, 0) is 22.4 Å². The Balaban J connectivity index is 1.49. The highest BCUT2D eigenvalue weighted by atomic mass is 35.5. The molecule has 1 amide bonds. The average molecular weight is 494 g/mol. The van der Waals surface area contributed by atoms with Gasteiger partial charge in [0.2, 0.25) is 0 Å². The van der Waals surface area contributed by atoms with Crippen LogP contribution in [0.1, 0.15) is 41.9 Å². The third kappa shape index (κ3) is 5.11. The zero-order valence-corrected chi connectivity index (χ0v) is 20.5. The van der Waals surface area contributed by atoms with Crippen LogP contribution in [0.4, 0.5) is 5.13 Å². The van der Waals surface area contributed by atoms with Gasteiger partial charge in [-0.15, -0.1) is 11.3 Å². The Morgan fingerprint density at radius 2 is 1.82 bits per heavy atom. The normalized spacial score (nSPS) is 10.9. The number of halogens is 1. The first-order valence-electron chi connectivity index (χ1n) is 11.1. The Kier molecular flexibility index (Phi) is 7.55. The third-order valence-corrected chi connectivity index (χ3v) is 6.45. The molecule has 0 aliphatic carbocycles. The van der Waals surface area contributed by atoms with Crippen LogP contribution < -0.4 is 5.32 Å². The number of anilines is 1. The summed E-state index contributed by atoms with van der Waals surface area (Å²) in [4.78, 5) is 34.8. The van der Waals surface area contributed by atoms with Crippen LogP contribution in [0.2, 0.25) is 5.02 Å². The maximum Gasteiger partial charge on any atom is 0.339 e. The van der Waals surface area contributed by atoms with Crippen molar-refractivity contribution in [1.82, 2.24) is 9.97 Å². The predicted octanol–water partition coefficient (Wildman–Crippen LogP) is 6.32. The highest BCUT2D eigenvalue weighted by molar-refractivity contribution is 7.14. The molecule has 0 spiro atoms. The number of aromatic nitrogens is 2. The maximum atomic E-state index is 13.1. The molecule has 0 saturated heterocycles. The fraction of sp³-hybridized carbons (Fsp3) is 0.231. The fourth-order valence-electron chi connectivity index (χ4n) is 3.84. The molecule has 174 valence electrons. The lowest BCUT2D eigenvalue weighted by molar-refractivity contribution is -0.119. The summed E-state index contributed by atoms with van der Waals surface area (Å²) < 4.78 is 5.43.